The molecule has 0 unspecified atom stereocenters. The average Bonchev–Trinajstić information content (AvgIpc) is 3.34. The van der Waals surface area contributed by atoms with Crippen LogP contribution < -0.4 is 15.0 Å². The van der Waals surface area contributed by atoms with Gasteiger partial charge in [-0.25, -0.2) is 4.90 Å². The van der Waals surface area contributed by atoms with Gasteiger partial charge in [0.05, 0.1) is 18.4 Å². The molecule has 0 spiro atoms. The maximum Gasteiger partial charge on any atom is 0.282 e. The Morgan fingerprint density at radius 3 is 2.29 bits per heavy atom. The molecule has 3 aromatic rings. The normalized spacial score (nSPS) is 14.4. The van der Waals surface area contributed by atoms with Crippen LogP contribution in [0.25, 0.3) is 5.57 Å². The van der Waals surface area contributed by atoms with Gasteiger partial charge in [0.25, 0.3) is 11.8 Å². The van der Waals surface area contributed by atoms with Gasteiger partial charge in [-0.15, -0.1) is 11.3 Å². The fourth-order valence-electron chi connectivity index (χ4n) is 3.49. The predicted octanol–water partition coefficient (Wildman–Crippen LogP) is 5.45. The number of carbonyl (C=O) groups excluding carboxylic acids is 2. The van der Waals surface area contributed by atoms with Crippen molar-refractivity contribution in [1.82, 2.24) is 0 Å². The van der Waals surface area contributed by atoms with E-state index < -0.39 is 0 Å². The van der Waals surface area contributed by atoms with Crippen molar-refractivity contribution in [2.24, 2.45) is 0 Å². The number of nitrogens with one attached hydrogen (secondary N) is 1. The summed E-state index contributed by atoms with van der Waals surface area (Å²) in [4.78, 5) is 28.8. The minimum Gasteiger partial charge on any atom is -0.497 e. The highest BCUT2D eigenvalue weighted by Gasteiger charge is 2.40. The number of benzene rings is 2. The smallest absolute Gasteiger partial charge is 0.282 e. The standard InChI is InChI=1S/C25H24N2O3S/c1-25(2,3)16-10-12-18(13-11-16)27-23(28)21(20-9-6-14-31-20)22(24(27)29)26-17-7-5-8-19(15-17)30-4/h5-15,26H,1-4H3. The van der Waals surface area contributed by atoms with Crippen LogP contribution in [-0.4, -0.2) is 18.9 Å². The van der Waals surface area contributed by atoms with Gasteiger partial charge in [-0.05, 0) is 46.7 Å². The Hall–Kier alpha value is -3.38. The summed E-state index contributed by atoms with van der Waals surface area (Å²) in [6.45, 7) is 6.38. The zero-order chi connectivity index (χ0) is 22.2. The zero-order valence-electron chi connectivity index (χ0n) is 17.9. The van der Waals surface area contributed by atoms with Crippen LogP contribution in [0.5, 0.6) is 5.75 Å². The summed E-state index contributed by atoms with van der Waals surface area (Å²) in [7, 11) is 1.59. The van der Waals surface area contributed by atoms with Gasteiger partial charge in [0.1, 0.15) is 11.4 Å². The molecule has 0 bridgehead atoms. The molecule has 2 heterocycles. The molecule has 0 atom stereocenters. The first-order chi connectivity index (χ1) is 14.8. The molecule has 31 heavy (non-hydrogen) atoms. The van der Waals surface area contributed by atoms with Crippen LogP contribution in [0.1, 0.15) is 31.2 Å². The molecule has 0 saturated carbocycles. The number of methoxy groups -OCH3 is 1. The minimum absolute atomic E-state index is 0.0168. The fourth-order valence-corrected chi connectivity index (χ4v) is 4.25. The van der Waals surface area contributed by atoms with E-state index in [4.69, 9.17) is 4.74 Å². The summed E-state index contributed by atoms with van der Waals surface area (Å²) >= 11 is 1.43. The molecular formula is C25H24N2O3S. The number of rotatable bonds is 5. The summed E-state index contributed by atoms with van der Waals surface area (Å²) in [5.41, 5.74) is 2.99. The third-order valence-electron chi connectivity index (χ3n) is 5.18. The summed E-state index contributed by atoms with van der Waals surface area (Å²) in [6.07, 6.45) is 0. The van der Waals surface area contributed by atoms with E-state index in [0.717, 1.165) is 10.4 Å². The second kappa shape index (κ2) is 8.04. The van der Waals surface area contributed by atoms with E-state index in [9.17, 15) is 9.59 Å². The van der Waals surface area contributed by atoms with Crippen LogP contribution in [0.15, 0.2) is 71.7 Å². The van der Waals surface area contributed by atoms with E-state index >= 15 is 0 Å². The first-order valence-corrected chi connectivity index (χ1v) is 10.9. The quantitative estimate of drug-likeness (QED) is 0.545. The fraction of sp³-hybridized carbons (Fsp3) is 0.200. The highest BCUT2D eigenvalue weighted by atomic mass is 32.1. The number of hydrogen-bond acceptors (Lipinski definition) is 5. The maximum absolute atomic E-state index is 13.4. The van der Waals surface area contributed by atoms with Crippen molar-refractivity contribution >= 4 is 40.1 Å². The number of imide groups is 1. The maximum atomic E-state index is 13.4. The van der Waals surface area contributed by atoms with Crippen molar-refractivity contribution in [3.05, 3.63) is 82.2 Å². The first-order valence-electron chi connectivity index (χ1n) is 9.98. The summed E-state index contributed by atoms with van der Waals surface area (Å²) in [6, 6.07) is 18.6. The molecule has 4 rings (SSSR count). The Kier molecular flexibility index (Phi) is 5.41. The Morgan fingerprint density at radius 1 is 0.935 bits per heavy atom. The van der Waals surface area contributed by atoms with Crippen LogP contribution in [0.3, 0.4) is 0 Å². The SMILES string of the molecule is COc1cccc(NC2=C(c3cccs3)C(=O)N(c3ccc(C(C)(C)C)cc3)C2=O)c1. The monoisotopic (exact) mass is 432 g/mol. The van der Waals surface area contributed by atoms with E-state index in [1.165, 1.54) is 16.2 Å². The van der Waals surface area contributed by atoms with Crippen LogP contribution in [0.2, 0.25) is 0 Å². The molecular weight excluding hydrogens is 408 g/mol. The molecule has 5 nitrogen and oxygen atoms in total. The molecule has 158 valence electrons. The van der Waals surface area contributed by atoms with Crippen molar-refractivity contribution in [3.8, 4) is 5.75 Å². The topological polar surface area (TPSA) is 58.6 Å². The Bertz CT molecular complexity index is 1160. The highest BCUT2D eigenvalue weighted by molar-refractivity contribution is 7.11. The van der Waals surface area contributed by atoms with Gasteiger partial charge in [-0.1, -0.05) is 45.0 Å². The number of nitrogens with zero attached hydrogens (tertiary/aromatic N) is 1. The van der Waals surface area contributed by atoms with Gasteiger partial charge < -0.3 is 10.1 Å². The summed E-state index contributed by atoms with van der Waals surface area (Å²) in [5.74, 6) is -0.0456. The number of anilines is 2. The number of ether oxygens (including phenoxy) is 1. The van der Waals surface area contributed by atoms with Gasteiger partial charge in [0.15, 0.2) is 0 Å². The van der Waals surface area contributed by atoms with Crippen molar-refractivity contribution in [1.29, 1.82) is 0 Å². The molecule has 1 aromatic heterocycles. The van der Waals surface area contributed by atoms with Gasteiger partial charge in [0, 0.05) is 16.6 Å². The third kappa shape index (κ3) is 3.99. The van der Waals surface area contributed by atoms with Crippen molar-refractivity contribution in [2.75, 3.05) is 17.3 Å². The van der Waals surface area contributed by atoms with Crippen LogP contribution in [0.4, 0.5) is 11.4 Å². The molecule has 2 amide bonds. The number of carbonyl (C=O) groups is 2. The highest BCUT2D eigenvalue weighted by Crippen LogP contribution is 2.36. The minimum atomic E-state index is -0.375. The largest absolute Gasteiger partial charge is 0.497 e. The Morgan fingerprint density at radius 2 is 1.68 bits per heavy atom. The summed E-state index contributed by atoms with van der Waals surface area (Å²) in [5, 5.41) is 5.06. The number of amides is 2. The van der Waals surface area contributed by atoms with Gasteiger partial charge >= 0.3 is 0 Å². The number of thiophene rings is 1. The summed E-state index contributed by atoms with van der Waals surface area (Å²) < 4.78 is 5.28. The van der Waals surface area contributed by atoms with E-state index in [-0.39, 0.29) is 22.9 Å². The molecule has 6 heteroatoms. The van der Waals surface area contributed by atoms with Gasteiger partial charge in [-0.2, -0.15) is 0 Å². The lowest BCUT2D eigenvalue weighted by molar-refractivity contribution is -0.120. The first kappa shape index (κ1) is 20.9. The predicted molar refractivity (Wildman–Crippen MR) is 125 cm³/mol. The lowest BCUT2D eigenvalue weighted by Gasteiger charge is -2.21. The van der Waals surface area contributed by atoms with Crippen molar-refractivity contribution in [2.45, 2.75) is 26.2 Å². The van der Waals surface area contributed by atoms with Crippen LogP contribution in [-0.2, 0) is 15.0 Å². The molecule has 1 aliphatic rings. The molecule has 0 aliphatic carbocycles. The van der Waals surface area contributed by atoms with Crippen LogP contribution in [0, 0.1) is 0 Å². The van der Waals surface area contributed by atoms with E-state index in [0.29, 0.717) is 22.7 Å². The van der Waals surface area contributed by atoms with E-state index in [1.54, 1.807) is 13.2 Å². The molecule has 2 aromatic carbocycles. The lowest BCUT2D eigenvalue weighted by atomic mass is 9.87. The zero-order valence-corrected chi connectivity index (χ0v) is 18.7. The average molecular weight is 433 g/mol. The van der Waals surface area contributed by atoms with Crippen molar-refractivity contribution in [3.63, 3.8) is 0 Å². The van der Waals surface area contributed by atoms with Crippen molar-refractivity contribution < 1.29 is 14.3 Å². The third-order valence-corrected chi connectivity index (χ3v) is 6.07. The molecule has 0 radical (unpaired) electrons. The van der Waals surface area contributed by atoms with E-state index in [1.807, 2.05) is 60.0 Å². The molecule has 1 aliphatic heterocycles. The molecule has 0 fully saturated rings. The van der Waals surface area contributed by atoms with Gasteiger partial charge in [-0.3, -0.25) is 9.59 Å². The second-order valence-electron chi connectivity index (χ2n) is 8.33. The Labute approximate surface area is 186 Å². The lowest BCUT2D eigenvalue weighted by Crippen LogP contribution is -2.32. The van der Waals surface area contributed by atoms with Crippen LogP contribution >= 0.6 is 11.3 Å². The van der Waals surface area contributed by atoms with Gasteiger partial charge in [0.2, 0.25) is 0 Å². The number of hydrogen-bond donors (Lipinski definition) is 1. The Balaban J connectivity index is 1.74. The molecule has 1 N–H and O–H groups in total. The molecule has 0 saturated heterocycles. The second-order valence-corrected chi connectivity index (χ2v) is 9.27. The van der Waals surface area contributed by atoms with E-state index in [2.05, 4.69) is 26.1 Å².